The topological polar surface area (TPSA) is 84.4 Å². The Bertz CT molecular complexity index is 577. The maximum absolute atomic E-state index is 11.1. The van der Waals surface area contributed by atoms with E-state index in [2.05, 4.69) is 10.2 Å². The second kappa shape index (κ2) is 4.79. The van der Waals surface area contributed by atoms with Gasteiger partial charge in [0.1, 0.15) is 17.1 Å². The fourth-order valence-electron chi connectivity index (χ4n) is 1.66. The molecule has 2 rings (SSSR count). The van der Waals surface area contributed by atoms with Crippen LogP contribution in [0.4, 0.5) is 0 Å². The molecule has 2 aromatic rings. The third-order valence-corrected chi connectivity index (χ3v) is 2.55. The molecule has 18 heavy (non-hydrogen) atoms. The number of nitrogens with zero attached hydrogens (tertiary/aromatic N) is 1. The maximum Gasteiger partial charge on any atom is 0.339 e. The van der Waals surface area contributed by atoms with Gasteiger partial charge in [0.2, 0.25) is 0 Å². The molecule has 1 aromatic heterocycles. The number of methoxy groups -OCH3 is 2. The minimum atomic E-state index is -1.04. The lowest BCUT2D eigenvalue weighted by Gasteiger charge is -2.09. The Morgan fingerprint density at radius 1 is 1.33 bits per heavy atom. The van der Waals surface area contributed by atoms with Gasteiger partial charge in [-0.25, -0.2) is 4.79 Å². The molecular weight excluding hydrogens is 236 g/mol. The molecule has 2 N–H and O–H groups in total. The van der Waals surface area contributed by atoms with E-state index in [4.69, 9.17) is 14.6 Å². The number of H-pyrrole nitrogens is 1. The van der Waals surface area contributed by atoms with Crippen molar-refractivity contribution >= 4 is 5.97 Å². The number of aromatic nitrogens is 2. The van der Waals surface area contributed by atoms with E-state index in [9.17, 15) is 4.79 Å². The molecule has 0 bridgehead atoms. The summed E-state index contributed by atoms with van der Waals surface area (Å²) >= 11 is 0. The van der Waals surface area contributed by atoms with Gasteiger partial charge in [-0.2, -0.15) is 5.10 Å². The summed E-state index contributed by atoms with van der Waals surface area (Å²) in [6.07, 6.45) is 1.27. The molecule has 0 fully saturated rings. The van der Waals surface area contributed by atoms with Crippen molar-refractivity contribution in [2.75, 3.05) is 14.2 Å². The van der Waals surface area contributed by atoms with Crippen LogP contribution in [-0.4, -0.2) is 35.5 Å². The van der Waals surface area contributed by atoms with Crippen LogP contribution in [0.3, 0.4) is 0 Å². The molecular formula is C12H12N2O4. The third kappa shape index (κ3) is 2.00. The van der Waals surface area contributed by atoms with Crippen LogP contribution >= 0.6 is 0 Å². The van der Waals surface area contributed by atoms with Crippen molar-refractivity contribution in [1.29, 1.82) is 0 Å². The molecule has 0 unspecified atom stereocenters. The second-order valence-electron chi connectivity index (χ2n) is 3.53. The van der Waals surface area contributed by atoms with Gasteiger partial charge in [-0.15, -0.1) is 0 Å². The smallest absolute Gasteiger partial charge is 0.339 e. The Balaban J connectivity index is 2.56. The summed E-state index contributed by atoms with van der Waals surface area (Å²) in [5, 5.41) is 15.5. The lowest BCUT2D eigenvalue weighted by Crippen LogP contribution is -1.98. The number of ether oxygens (including phenoxy) is 2. The van der Waals surface area contributed by atoms with Crippen LogP contribution in [0.1, 0.15) is 10.4 Å². The molecule has 0 aliphatic rings. The number of aromatic amines is 1. The molecule has 0 aliphatic heterocycles. The predicted molar refractivity (Wildman–Crippen MR) is 64.1 cm³/mol. The van der Waals surface area contributed by atoms with Gasteiger partial charge < -0.3 is 14.6 Å². The average molecular weight is 248 g/mol. The Labute approximate surface area is 103 Å². The number of carbonyl (C=O) groups is 1. The SMILES string of the molecule is COc1ccc(-c2[nH]ncc2C(=O)O)c(OC)c1. The molecule has 6 heteroatoms. The van der Waals surface area contributed by atoms with Crippen LogP contribution in [0, 0.1) is 0 Å². The minimum Gasteiger partial charge on any atom is -0.497 e. The number of aromatic carboxylic acids is 1. The lowest BCUT2D eigenvalue weighted by atomic mass is 10.1. The largest absolute Gasteiger partial charge is 0.497 e. The summed E-state index contributed by atoms with van der Waals surface area (Å²) in [4.78, 5) is 11.1. The highest BCUT2D eigenvalue weighted by molar-refractivity contribution is 5.95. The molecule has 1 heterocycles. The molecule has 0 aliphatic carbocycles. The summed E-state index contributed by atoms with van der Waals surface area (Å²) in [5.41, 5.74) is 1.12. The van der Waals surface area contributed by atoms with Crippen molar-refractivity contribution in [1.82, 2.24) is 10.2 Å². The van der Waals surface area contributed by atoms with E-state index in [1.807, 2.05) is 0 Å². The van der Waals surface area contributed by atoms with Crippen molar-refractivity contribution in [3.8, 4) is 22.8 Å². The number of hydrogen-bond donors (Lipinski definition) is 2. The summed E-state index contributed by atoms with van der Waals surface area (Å²) < 4.78 is 10.3. The first kappa shape index (κ1) is 12.0. The highest BCUT2D eigenvalue weighted by Gasteiger charge is 2.17. The third-order valence-electron chi connectivity index (χ3n) is 2.55. The number of nitrogens with one attached hydrogen (secondary N) is 1. The van der Waals surface area contributed by atoms with E-state index >= 15 is 0 Å². The fourth-order valence-corrected chi connectivity index (χ4v) is 1.66. The van der Waals surface area contributed by atoms with E-state index in [1.165, 1.54) is 13.3 Å². The van der Waals surface area contributed by atoms with Gasteiger partial charge in [0.05, 0.1) is 26.1 Å². The molecule has 0 saturated carbocycles. The van der Waals surface area contributed by atoms with Crippen LogP contribution in [0.5, 0.6) is 11.5 Å². The van der Waals surface area contributed by atoms with Crippen molar-refractivity contribution in [2.45, 2.75) is 0 Å². The fraction of sp³-hybridized carbons (Fsp3) is 0.167. The Kier molecular flexibility index (Phi) is 3.18. The number of rotatable bonds is 4. The van der Waals surface area contributed by atoms with E-state index in [-0.39, 0.29) is 5.56 Å². The first-order valence-electron chi connectivity index (χ1n) is 5.16. The van der Waals surface area contributed by atoms with Gasteiger partial charge in [0, 0.05) is 11.6 Å². The van der Waals surface area contributed by atoms with E-state index < -0.39 is 5.97 Å². The van der Waals surface area contributed by atoms with Gasteiger partial charge in [-0.3, -0.25) is 5.10 Å². The van der Waals surface area contributed by atoms with E-state index in [0.717, 1.165) is 0 Å². The van der Waals surface area contributed by atoms with E-state index in [1.54, 1.807) is 25.3 Å². The van der Waals surface area contributed by atoms with E-state index in [0.29, 0.717) is 22.8 Å². The molecule has 1 aromatic carbocycles. The van der Waals surface area contributed by atoms with Crippen molar-refractivity contribution in [2.24, 2.45) is 0 Å². The van der Waals surface area contributed by atoms with Crippen LogP contribution in [0.15, 0.2) is 24.4 Å². The Morgan fingerprint density at radius 3 is 2.72 bits per heavy atom. The van der Waals surface area contributed by atoms with Gasteiger partial charge in [0.15, 0.2) is 0 Å². The highest BCUT2D eigenvalue weighted by Crippen LogP contribution is 2.33. The van der Waals surface area contributed by atoms with Gasteiger partial charge in [-0.1, -0.05) is 0 Å². The summed E-state index contributed by atoms with van der Waals surface area (Å²) in [5.74, 6) is 0.102. The number of carboxylic acid groups (broad SMARTS) is 1. The molecule has 0 atom stereocenters. The Hall–Kier alpha value is -2.50. The van der Waals surface area contributed by atoms with Crippen molar-refractivity contribution in [3.63, 3.8) is 0 Å². The Morgan fingerprint density at radius 2 is 2.11 bits per heavy atom. The summed E-state index contributed by atoms with van der Waals surface area (Å²) in [6.45, 7) is 0. The van der Waals surface area contributed by atoms with Crippen LogP contribution < -0.4 is 9.47 Å². The first-order valence-corrected chi connectivity index (χ1v) is 5.16. The lowest BCUT2D eigenvalue weighted by molar-refractivity contribution is 0.0698. The normalized spacial score (nSPS) is 10.1. The monoisotopic (exact) mass is 248 g/mol. The molecule has 6 nitrogen and oxygen atoms in total. The minimum absolute atomic E-state index is 0.0958. The van der Waals surface area contributed by atoms with Crippen molar-refractivity contribution in [3.05, 3.63) is 30.0 Å². The van der Waals surface area contributed by atoms with Crippen LogP contribution in [0.2, 0.25) is 0 Å². The summed E-state index contributed by atoms with van der Waals surface area (Å²) in [6, 6.07) is 5.13. The average Bonchev–Trinajstić information content (AvgIpc) is 2.87. The predicted octanol–water partition coefficient (Wildman–Crippen LogP) is 1.79. The van der Waals surface area contributed by atoms with Gasteiger partial charge in [-0.05, 0) is 12.1 Å². The molecule has 0 saturated heterocycles. The van der Waals surface area contributed by atoms with Crippen LogP contribution in [-0.2, 0) is 0 Å². The molecule has 0 amide bonds. The first-order chi connectivity index (χ1) is 8.67. The zero-order valence-corrected chi connectivity index (χ0v) is 9.93. The highest BCUT2D eigenvalue weighted by atomic mass is 16.5. The molecule has 0 radical (unpaired) electrons. The standard InChI is InChI=1S/C12H12N2O4/c1-17-7-3-4-8(10(5-7)18-2)11-9(12(15)16)6-13-14-11/h3-6H,1-2H3,(H,13,14)(H,15,16). The molecule has 0 spiro atoms. The van der Waals surface area contributed by atoms with Crippen molar-refractivity contribution < 1.29 is 19.4 Å². The van der Waals surface area contributed by atoms with Crippen LogP contribution in [0.25, 0.3) is 11.3 Å². The number of benzene rings is 1. The zero-order chi connectivity index (χ0) is 13.1. The molecule has 94 valence electrons. The number of hydrogen-bond acceptors (Lipinski definition) is 4. The van der Waals surface area contributed by atoms with Gasteiger partial charge in [0.25, 0.3) is 0 Å². The number of carboxylic acids is 1. The zero-order valence-electron chi connectivity index (χ0n) is 9.93. The maximum atomic E-state index is 11.1. The quantitative estimate of drug-likeness (QED) is 0.861. The second-order valence-corrected chi connectivity index (χ2v) is 3.53. The summed E-state index contributed by atoms with van der Waals surface area (Å²) in [7, 11) is 3.06. The van der Waals surface area contributed by atoms with Gasteiger partial charge >= 0.3 is 5.97 Å².